The summed E-state index contributed by atoms with van der Waals surface area (Å²) >= 11 is 5.13. The Morgan fingerprint density at radius 3 is 2.89 bits per heavy atom. The summed E-state index contributed by atoms with van der Waals surface area (Å²) in [5.74, 6) is 0.815. The van der Waals surface area contributed by atoms with Gasteiger partial charge in [-0.05, 0) is 25.5 Å². The Labute approximate surface area is 125 Å². The lowest BCUT2D eigenvalue weighted by Crippen LogP contribution is -2.08. The van der Waals surface area contributed by atoms with Crippen LogP contribution in [0.25, 0.3) is 0 Å². The third kappa shape index (κ3) is 3.78. The van der Waals surface area contributed by atoms with E-state index >= 15 is 0 Å². The van der Waals surface area contributed by atoms with Crippen LogP contribution in [0.4, 0.5) is 0 Å². The highest BCUT2D eigenvalue weighted by molar-refractivity contribution is 9.10. The highest BCUT2D eigenvalue weighted by Crippen LogP contribution is 2.28. The first kappa shape index (κ1) is 14.5. The quantitative estimate of drug-likeness (QED) is 0.892. The van der Waals surface area contributed by atoms with Gasteiger partial charge in [-0.25, -0.2) is 4.98 Å². The first-order valence-electron chi connectivity index (χ1n) is 6.21. The summed E-state index contributed by atoms with van der Waals surface area (Å²) in [6.45, 7) is 4.53. The molecule has 0 fully saturated rings. The van der Waals surface area contributed by atoms with Crippen LogP contribution in [-0.4, -0.2) is 4.98 Å². The van der Waals surface area contributed by atoms with E-state index in [-0.39, 0.29) is 6.04 Å². The number of halogens is 1. The fourth-order valence-electron chi connectivity index (χ4n) is 1.74. The lowest BCUT2D eigenvalue weighted by atomic mass is 10.1. The van der Waals surface area contributed by atoms with E-state index in [1.54, 1.807) is 11.3 Å². The molecule has 0 aliphatic carbocycles. The summed E-state index contributed by atoms with van der Waals surface area (Å²) in [5.41, 5.74) is 7.93. The van der Waals surface area contributed by atoms with Crippen molar-refractivity contribution in [1.29, 1.82) is 0 Å². The molecule has 3 nitrogen and oxygen atoms in total. The van der Waals surface area contributed by atoms with E-state index in [9.17, 15) is 0 Å². The molecule has 0 spiro atoms. The summed E-state index contributed by atoms with van der Waals surface area (Å²) < 4.78 is 6.84. The van der Waals surface area contributed by atoms with Gasteiger partial charge in [-0.15, -0.1) is 11.3 Å². The van der Waals surface area contributed by atoms with Gasteiger partial charge in [0.05, 0.1) is 10.7 Å². The van der Waals surface area contributed by atoms with Crippen LogP contribution in [-0.2, 0) is 13.0 Å². The number of rotatable bonds is 5. The van der Waals surface area contributed by atoms with Crippen LogP contribution in [0.15, 0.2) is 28.1 Å². The van der Waals surface area contributed by atoms with Crippen molar-refractivity contribution in [3.63, 3.8) is 0 Å². The monoisotopic (exact) mass is 340 g/mol. The van der Waals surface area contributed by atoms with Crippen molar-refractivity contribution in [3.05, 3.63) is 44.3 Å². The van der Waals surface area contributed by atoms with Crippen molar-refractivity contribution < 1.29 is 4.74 Å². The summed E-state index contributed by atoms with van der Waals surface area (Å²) in [4.78, 5) is 4.49. The van der Waals surface area contributed by atoms with Crippen molar-refractivity contribution in [3.8, 4) is 5.75 Å². The van der Waals surface area contributed by atoms with Gasteiger partial charge in [-0.3, -0.25) is 0 Å². The Bertz CT molecular complexity index is 554. The van der Waals surface area contributed by atoms with E-state index in [1.165, 1.54) is 0 Å². The van der Waals surface area contributed by atoms with E-state index in [0.29, 0.717) is 6.61 Å². The van der Waals surface area contributed by atoms with Gasteiger partial charge in [-0.2, -0.15) is 0 Å². The van der Waals surface area contributed by atoms with Crippen molar-refractivity contribution in [1.82, 2.24) is 4.98 Å². The summed E-state index contributed by atoms with van der Waals surface area (Å²) in [6, 6.07) is 5.86. The average Bonchev–Trinajstić information content (AvgIpc) is 2.84. The molecule has 2 N–H and O–H groups in total. The molecule has 0 saturated carbocycles. The molecule has 1 atom stereocenters. The van der Waals surface area contributed by atoms with E-state index in [1.807, 2.05) is 30.5 Å². The largest absolute Gasteiger partial charge is 0.487 e. The number of benzene rings is 1. The minimum absolute atomic E-state index is 0.0512. The second-order valence-electron chi connectivity index (χ2n) is 4.35. The van der Waals surface area contributed by atoms with E-state index in [2.05, 4.69) is 27.8 Å². The zero-order chi connectivity index (χ0) is 13.8. The van der Waals surface area contributed by atoms with E-state index < -0.39 is 0 Å². The second-order valence-corrected chi connectivity index (χ2v) is 6.20. The third-order valence-corrected chi connectivity index (χ3v) is 4.28. The van der Waals surface area contributed by atoms with Crippen molar-refractivity contribution in [2.45, 2.75) is 32.9 Å². The normalized spacial score (nSPS) is 12.4. The molecular weight excluding hydrogens is 324 g/mol. The summed E-state index contributed by atoms with van der Waals surface area (Å²) in [7, 11) is 0. The van der Waals surface area contributed by atoms with Gasteiger partial charge in [0, 0.05) is 21.5 Å². The Kier molecular flexibility index (Phi) is 4.96. The topological polar surface area (TPSA) is 48.1 Å². The zero-order valence-electron chi connectivity index (χ0n) is 11.0. The van der Waals surface area contributed by atoms with Crippen LogP contribution in [0.2, 0.25) is 0 Å². The third-order valence-electron chi connectivity index (χ3n) is 2.74. The predicted octanol–water partition coefficient (Wildman–Crippen LogP) is 4.07. The van der Waals surface area contributed by atoms with Crippen LogP contribution in [0.3, 0.4) is 0 Å². The lowest BCUT2D eigenvalue weighted by molar-refractivity contribution is 0.297. The van der Waals surface area contributed by atoms with Gasteiger partial charge < -0.3 is 10.5 Å². The molecule has 102 valence electrons. The molecule has 0 radical (unpaired) electrons. The molecule has 0 saturated heterocycles. The maximum atomic E-state index is 5.95. The molecule has 0 aliphatic rings. The number of aryl methyl sites for hydroxylation is 1. The van der Waals surface area contributed by atoms with Gasteiger partial charge in [0.15, 0.2) is 0 Å². The number of hydrogen-bond acceptors (Lipinski definition) is 4. The van der Waals surface area contributed by atoms with Gasteiger partial charge in [0.2, 0.25) is 0 Å². The maximum absolute atomic E-state index is 5.95. The molecule has 2 rings (SSSR count). The molecular formula is C14H17BrN2OS. The number of nitrogens with zero attached hydrogens (tertiary/aromatic N) is 1. The number of nitrogens with two attached hydrogens (primary N) is 1. The fraction of sp³-hybridized carbons (Fsp3) is 0.357. The molecule has 0 aliphatic heterocycles. The SMILES string of the molecule is CCc1nc(COc2cc(Br)ccc2[C@@H](C)N)cs1. The number of aromatic nitrogens is 1. The van der Waals surface area contributed by atoms with Crippen molar-refractivity contribution in [2.24, 2.45) is 5.73 Å². The summed E-state index contributed by atoms with van der Waals surface area (Å²) in [5, 5.41) is 3.18. The Morgan fingerprint density at radius 2 is 2.26 bits per heavy atom. The number of ether oxygens (including phenoxy) is 1. The van der Waals surface area contributed by atoms with Crippen LogP contribution in [0, 0.1) is 0 Å². The number of thiazole rings is 1. The highest BCUT2D eigenvalue weighted by atomic mass is 79.9. The lowest BCUT2D eigenvalue weighted by Gasteiger charge is -2.13. The van der Waals surface area contributed by atoms with Crippen LogP contribution >= 0.6 is 27.3 Å². The Hall–Kier alpha value is -0.910. The van der Waals surface area contributed by atoms with Crippen LogP contribution in [0.1, 0.15) is 36.2 Å². The molecule has 2 aromatic rings. The minimum atomic E-state index is -0.0512. The van der Waals surface area contributed by atoms with Gasteiger partial charge in [-0.1, -0.05) is 28.9 Å². The van der Waals surface area contributed by atoms with Gasteiger partial charge in [0.1, 0.15) is 12.4 Å². The molecule has 0 unspecified atom stereocenters. The average molecular weight is 341 g/mol. The fourth-order valence-corrected chi connectivity index (χ4v) is 2.81. The zero-order valence-corrected chi connectivity index (χ0v) is 13.4. The molecule has 1 aromatic carbocycles. The number of hydrogen-bond donors (Lipinski definition) is 1. The van der Waals surface area contributed by atoms with Crippen molar-refractivity contribution >= 4 is 27.3 Å². The van der Waals surface area contributed by atoms with Crippen molar-refractivity contribution in [2.75, 3.05) is 0 Å². The second kappa shape index (κ2) is 6.50. The van der Waals surface area contributed by atoms with Crippen LogP contribution in [0.5, 0.6) is 5.75 Å². The van der Waals surface area contributed by atoms with Gasteiger partial charge >= 0.3 is 0 Å². The molecule has 19 heavy (non-hydrogen) atoms. The smallest absolute Gasteiger partial charge is 0.131 e. The van der Waals surface area contributed by atoms with E-state index in [4.69, 9.17) is 10.5 Å². The van der Waals surface area contributed by atoms with Gasteiger partial charge in [0.25, 0.3) is 0 Å². The molecule has 1 aromatic heterocycles. The highest BCUT2D eigenvalue weighted by Gasteiger charge is 2.10. The molecule has 1 heterocycles. The maximum Gasteiger partial charge on any atom is 0.131 e. The molecule has 5 heteroatoms. The molecule has 0 amide bonds. The Morgan fingerprint density at radius 1 is 1.47 bits per heavy atom. The predicted molar refractivity (Wildman–Crippen MR) is 82.6 cm³/mol. The standard InChI is InChI=1S/C14H17BrN2OS/c1-3-14-17-11(8-19-14)7-18-13-6-10(15)4-5-12(13)9(2)16/h4-6,8-9H,3,7,16H2,1-2H3/t9-/m1/s1. The molecule has 0 bridgehead atoms. The minimum Gasteiger partial charge on any atom is -0.487 e. The Balaban J connectivity index is 2.12. The first-order chi connectivity index (χ1) is 9.10. The van der Waals surface area contributed by atoms with E-state index in [0.717, 1.165) is 32.9 Å². The first-order valence-corrected chi connectivity index (χ1v) is 7.88. The summed E-state index contributed by atoms with van der Waals surface area (Å²) in [6.07, 6.45) is 0.965. The van der Waals surface area contributed by atoms with Crippen LogP contribution < -0.4 is 10.5 Å².